The van der Waals surface area contributed by atoms with Crippen LogP contribution in [-0.4, -0.2) is 52.3 Å². The molecule has 0 radical (unpaired) electrons. The second-order valence-corrected chi connectivity index (χ2v) is 4.71. The summed E-state index contributed by atoms with van der Waals surface area (Å²) in [6, 6.07) is 3.85. The number of H-pyrrole nitrogens is 1. The number of hydrogen-bond donors (Lipinski definition) is 1. The van der Waals surface area contributed by atoms with Gasteiger partial charge in [-0.25, -0.2) is 0 Å². The zero-order chi connectivity index (χ0) is 12.0. The van der Waals surface area contributed by atoms with Gasteiger partial charge >= 0.3 is 0 Å². The number of amides is 2. The molecular formula is C12H15N3O2. The van der Waals surface area contributed by atoms with Gasteiger partial charge in [-0.15, -0.1) is 0 Å². The van der Waals surface area contributed by atoms with Crippen molar-refractivity contribution in [1.29, 1.82) is 0 Å². The molecule has 0 aromatic carbocycles. The van der Waals surface area contributed by atoms with Crippen molar-refractivity contribution in [2.45, 2.75) is 24.9 Å². The van der Waals surface area contributed by atoms with Crippen LogP contribution < -0.4 is 0 Å². The van der Waals surface area contributed by atoms with Gasteiger partial charge in [-0.2, -0.15) is 0 Å². The molecule has 0 bridgehead atoms. The van der Waals surface area contributed by atoms with Gasteiger partial charge in [0.2, 0.25) is 5.91 Å². The van der Waals surface area contributed by atoms with Crippen molar-refractivity contribution in [1.82, 2.24) is 14.8 Å². The third kappa shape index (κ3) is 1.45. The SMILES string of the molecule is CN1C(=O)C[C@H]2[C@H]1CCN2C(=O)c1ccc[nH]1. The number of rotatable bonds is 1. The molecule has 5 heteroatoms. The van der Waals surface area contributed by atoms with E-state index in [9.17, 15) is 9.59 Å². The van der Waals surface area contributed by atoms with Gasteiger partial charge in [-0.05, 0) is 18.6 Å². The number of likely N-dealkylation sites (tertiary alicyclic amines) is 2. The highest BCUT2D eigenvalue weighted by atomic mass is 16.2. The van der Waals surface area contributed by atoms with E-state index < -0.39 is 0 Å². The number of carbonyl (C=O) groups is 2. The Morgan fingerprint density at radius 1 is 1.47 bits per heavy atom. The van der Waals surface area contributed by atoms with Crippen LogP contribution in [0.1, 0.15) is 23.3 Å². The molecule has 2 atom stereocenters. The van der Waals surface area contributed by atoms with Crippen LogP contribution in [0.25, 0.3) is 0 Å². The summed E-state index contributed by atoms with van der Waals surface area (Å²) >= 11 is 0. The van der Waals surface area contributed by atoms with Crippen LogP contribution in [0.5, 0.6) is 0 Å². The highest BCUT2D eigenvalue weighted by molar-refractivity contribution is 5.94. The lowest BCUT2D eigenvalue weighted by Crippen LogP contribution is -2.39. The molecule has 2 saturated heterocycles. The minimum atomic E-state index is 0.00519. The largest absolute Gasteiger partial charge is 0.357 e. The third-order valence-corrected chi connectivity index (χ3v) is 3.87. The van der Waals surface area contributed by atoms with Crippen molar-refractivity contribution < 1.29 is 9.59 Å². The maximum absolute atomic E-state index is 12.2. The fourth-order valence-corrected chi connectivity index (χ4v) is 2.91. The Labute approximate surface area is 99.4 Å². The molecule has 2 aliphatic heterocycles. The van der Waals surface area contributed by atoms with Crippen molar-refractivity contribution in [3.05, 3.63) is 24.0 Å². The summed E-state index contributed by atoms with van der Waals surface area (Å²) in [4.78, 5) is 30.4. The lowest BCUT2D eigenvalue weighted by Gasteiger charge is -2.23. The van der Waals surface area contributed by atoms with E-state index in [0.717, 1.165) is 13.0 Å². The molecular weight excluding hydrogens is 218 g/mol. The Morgan fingerprint density at radius 2 is 2.29 bits per heavy atom. The fraction of sp³-hybridized carbons (Fsp3) is 0.500. The Kier molecular flexibility index (Phi) is 2.21. The van der Waals surface area contributed by atoms with E-state index >= 15 is 0 Å². The predicted molar refractivity (Wildman–Crippen MR) is 61.4 cm³/mol. The maximum Gasteiger partial charge on any atom is 0.270 e. The number of aromatic amines is 1. The molecule has 17 heavy (non-hydrogen) atoms. The van der Waals surface area contributed by atoms with Crippen LogP contribution >= 0.6 is 0 Å². The zero-order valence-electron chi connectivity index (χ0n) is 9.72. The summed E-state index contributed by atoms with van der Waals surface area (Å²) in [7, 11) is 1.83. The Balaban J connectivity index is 1.83. The number of nitrogens with one attached hydrogen (secondary N) is 1. The van der Waals surface area contributed by atoms with Gasteiger partial charge in [0, 0.05) is 26.2 Å². The van der Waals surface area contributed by atoms with Gasteiger partial charge < -0.3 is 14.8 Å². The van der Waals surface area contributed by atoms with Crippen molar-refractivity contribution in [3.63, 3.8) is 0 Å². The van der Waals surface area contributed by atoms with E-state index in [1.165, 1.54) is 0 Å². The topological polar surface area (TPSA) is 56.4 Å². The summed E-state index contributed by atoms with van der Waals surface area (Å²) in [6.45, 7) is 0.741. The summed E-state index contributed by atoms with van der Waals surface area (Å²) in [5, 5.41) is 0. The molecule has 2 fully saturated rings. The van der Waals surface area contributed by atoms with E-state index in [0.29, 0.717) is 12.1 Å². The van der Waals surface area contributed by atoms with E-state index in [-0.39, 0.29) is 23.9 Å². The molecule has 1 N–H and O–H groups in total. The Bertz CT molecular complexity index is 454. The van der Waals surface area contributed by atoms with E-state index in [2.05, 4.69) is 4.98 Å². The monoisotopic (exact) mass is 233 g/mol. The Morgan fingerprint density at radius 3 is 3.00 bits per heavy atom. The second kappa shape index (κ2) is 3.61. The molecule has 2 aliphatic rings. The third-order valence-electron chi connectivity index (χ3n) is 3.87. The molecule has 1 aromatic heterocycles. The van der Waals surface area contributed by atoms with E-state index in [4.69, 9.17) is 0 Å². The van der Waals surface area contributed by atoms with Crippen molar-refractivity contribution >= 4 is 11.8 Å². The summed E-state index contributed by atoms with van der Waals surface area (Å²) in [5.41, 5.74) is 0.604. The van der Waals surface area contributed by atoms with Crippen LogP contribution in [0.2, 0.25) is 0 Å². The molecule has 90 valence electrons. The minimum Gasteiger partial charge on any atom is -0.357 e. The van der Waals surface area contributed by atoms with Crippen molar-refractivity contribution in [3.8, 4) is 0 Å². The molecule has 0 aliphatic carbocycles. The van der Waals surface area contributed by atoms with Gasteiger partial charge in [0.1, 0.15) is 5.69 Å². The molecule has 3 rings (SSSR count). The van der Waals surface area contributed by atoms with Crippen LogP contribution in [0.4, 0.5) is 0 Å². The quantitative estimate of drug-likeness (QED) is 0.766. The van der Waals surface area contributed by atoms with Crippen LogP contribution in [0.3, 0.4) is 0 Å². The predicted octanol–water partition coefficient (Wildman–Crippen LogP) is 0.460. The average molecular weight is 233 g/mol. The number of fused-ring (bicyclic) bond motifs is 1. The average Bonchev–Trinajstić information content (AvgIpc) is 2.99. The van der Waals surface area contributed by atoms with E-state index in [1.807, 2.05) is 18.0 Å². The molecule has 0 spiro atoms. The first kappa shape index (κ1) is 10.4. The van der Waals surface area contributed by atoms with Crippen LogP contribution in [0, 0.1) is 0 Å². The highest BCUT2D eigenvalue weighted by Crippen LogP contribution is 2.31. The fourth-order valence-electron chi connectivity index (χ4n) is 2.91. The van der Waals surface area contributed by atoms with Crippen LogP contribution in [-0.2, 0) is 4.79 Å². The molecule has 5 nitrogen and oxygen atoms in total. The number of hydrogen-bond acceptors (Lipinski definition) is 2. The van der Waals surface area contributed by atoms with Crippen molar-refractivity contribution in [2.24, 2.45) is 0 Å². The number of carbonyl (C=O) groups excluding carboxylic acids is 2. The molecule has 1 aromatic rings. The minimum absolute atomic E-state index is 0.00519. The van der Waals surface area contributed by atoms with Crippen molar-refractivity contribution in [2.75, 3.05) is 13.6 Å². The second-order valence-electron chi connectivity index (χ2n) is 4.71. The molecule has 0 unspecified atom stereocenters. The van der Waals surface area contributed by atoms with Gasteiger partial charge in [0.15, 0.2) is 0 Å². The maximum atomic E-state index is 12.2. The summed E-state index contributed by atoms with van der Waals surface area (Å²) in [5.74, 6) is 0.148. The zero-order valence-corrected chi connectivity index (χ0v) is 9.72. The normalized spacial score (nSPS) is 27.7. The first-order chi connectivity index (χ1) is 8.18. The van der Waals surface area contributed by atoms with Crippen LogP contribution in [0.15, 0.2) is 18.3 Å². The van der Waals surface area contributed by atoms with Gasteiger partial charge in [0.05, 0.1) is 12.1 Å². The first-order valence-corrected chi connectivity index (χ1v) is 5.88. The molecule has 3 heterocycles. The number of likely N-dealkylation sites (N-methyl/N-ethyl adjacent to an activating group) is 1. The molecule has 0 saturated carbocycles. The lowest BCUT2D eigenvalue weighted by atomic mass is 10.1. The van der Waals surface area contributed by atoms with Gasteiger partial charge in [-0.1, -0.05) is 0 Å². The molecule has 2 amide bonds. The first-order valence-electron chi connectivity index (χ1n) is 5.88. The Hall–Kier alpha value is -1.78. The summed E-state index contributed by atoms with van der Waals surface area (Å²) < 4.78 is 0. The van der Waals surface area contributed by atoms with Gasteiger partial charge in [0.25, 0.3) is 5.91 Å². The summed E-state index contributed by atoms with van der Waals surface area (Å²) in [6.07, 6.45) is 3.10. The standard InChI is InChI=1S/C12H15N3O2/c1-14-9-4-6-15(10(9)7-11(14)16)12(17)8-3-2-5-13-8/h2-3,5,9-10,13H,4,6-7H2,1H3/t9-,10+/m1/s1. The highest BCUT2D eigenvalue weighted by Gasteiger charge is 2.46. The van der Waals surface area contributed by atoms with Gasteiger partial charge in [-0.3, -0.25) is 9.59 Å². The number of aromatic nitrogens is 1. The smallest absolute Gasteiger partial charge is 0.270 e. The number of nitrogens with zero attached hydrogens (tertiary/aromatic N) is 2. The van der Waals surface area contributed by atoms with E-state index in [1.54, 1.807) is 17.2 Å². The lowest BCUT2D eigenvalue weighted by molar-refractivity contribution is -0.127.